The minimum Gasteiger partial charge on any atom is -0.496 e. The zero-order valence-electron chi connectivity index (χ0n) is 16.0. The molecule has 5 heteroatoms. The molecular weight excluding hydrogens is 340 g/mol. The fourth-order valence-electron chi connectivity index (χ4n) is 3.42. The Bertz CT molecular complexity index is 796. The number of carbonyl (C=O) groups excluding carboxylic acids is 2. The smallest absolute Gasteiger partial charge is 0.227 e. The molecule has 0 aliphatic carbocycles. The van der Waals surface area contributed by atoms with Crippen LogP contribution in [0.1, 0.15) is 16.7 Å². The molecule has 0 atom stereocenters. The lowest BCUT2D eigenvalue weighted by Crippen LogP contribution is -2.51. The van der Waals surface area contributed by atoms with Crippen LogP contribution in [0, 0.1) is 6.92 Å². The lowest BCUT2D eigenvalue weighted by atomic mass is 10.1. The second-order valence-corrected chi connectivity index (χ2v) is 6.90. The third-order valence-electron chi connectivity index (χ3n) is 5.00. The summed E-state index contributed by atoms with van der Waals surface area (Å²) in [5, 5.41) is 0. The minimum atomic E-state index is 0.106. The second kappa shape index (κ2) is 8.71. The molecule has 0 spiro atoms. The van der Waals surface area contributed by atoms with E-state index in [1.54, 1.807) is 7.11 Å². The van der Waals surface area contributed by atoms with Gasteiger partial charge in [0, 0.05) is 26.2 Å². The van der Waals surface area contributed by atoms with Crippen molar-refractivity contribution in [2.24, 2.45) is 0 Å². The molecule has 1 saturated heterocycles. The first kappa shape index (κ1) is 19.0. The molecule has 1 aliphatic rings. The van der Waals surface area contributed by atoms with Gasteiger partial charge in [-0.05, 0) is 29.7 Å². The third kappa shape index (κ3) is 4.88. The van der Waals surface area contributed by atoms with E-state index in [0.29, 0.717) is 39.0 Å². The summed E-state index contributed by atoms with van der Waals surface area (Å²) < 4.78 is 5.27. The van der Waals surface area contributed by atoms with Crippen LogP contribution in [-0.2, 0) is 22.4 Å². The highest BCUT2D eigenvalue weighted by atomic mass is 16.5. The summed E-state index contributed by atoms with van der Waals surface area (Å²) in [4.78, 5) is 28.7. The van der Waals surface area contributed by atoms with Gasteiger partial charge in [-0.25, -0.2) is 0 Å². The van der Waals surface area contributed by atoms with E-state index < -0.39 is 0 Å². The van der Waals surface area contributed by atoms with E-state index in [9.17, 15) is 9.59 Å². The Balaban J connectivity index is 1.50. The molecule has 0 N–H and O–H groups in total. The number of nitrogens with zero attached hydrogens (tertiary/aromatic N) is 2. The topological polar surface area (TPSA) is 49.9 Å². The van der Waals surface area contributed by atoms with Crippen molar-refractivity contribution in [1.82, 2.24) is 9.80 Å². The minimum absolute atomic E-state index is 0.106. The number of ether oxygens (including phenoxy) is 1. The molecule has 5 nitrogen and oxygen atoms in total. The van der Waals surface area contributed by atoms with E-state index in [0.717, 1.165) is 22.4 Å². The summed E-state index contributed by atoms with van der Waals surface area (Å²) >= 11 is 0. The first-order valence-corrected chi connectivity index (χ1v) is 9.30. The van der Waals surface area contributed by atoms with Crippen LogP contribution in [0.3, 0.4) is 0 Å². The van der Waals surface area contributed by atoms with E-state index in [2.05, 4.69) is 0 Å². The van der Waals surface area contributed by atoms with E-state index in [-0.39, 0.29) is 11.8 Å². The molecule has 142 valence electrons. The highest BCUT2D eigenvalue weighted by Gasteiger charge is 2.24. The lowest BCUT2D eigenvalue weighted by molar-refractivity contribution is -0.138. The van der Waals surface area contributed by atoms with Crippen molar-refractivity contribution in [2.75, 3.05) is 33.3 Å². The number of methoxy groups -OCH3 is 1. The molecule has 2 aromatic carbocycles. The van der Waals surface area contributed by atoms with Crippen molar-refractivity contribution in [3.63, 3.8) is 0 Å². The lowest BCUT2D eigenvalue weighted by Gasteiger charge is -2.35. The monoisotopic (exact) mass is 366 g/mol. The Kier molecular flexibility index (Phi) is 6.12. The Morgan fingerprint density at radius 2 is 1.41 bits per heavy atom. The number of hydrogen-bond acceptors (Lipinski definition) is 3. The van der Waals surface area contributed by atoms with Crippen molar-refractivity contribution in [3.05, 3.63) is 65.2 Å². The van der Waals surface area contributed by atoms with E-state index >= 15 is 0 Å². The van der Waals surface area contributed by atoms with Crippen LogP contribution in [-0.4, -0.2) is 54.9 Å². The molecule has 3 rings (SSSR count). The van der Waals surface area contributed by atoms with Gasteiger partial charge in [0.05, 0.1) is 20.0 Å². The Morgan fingerprint density at radius 1 is 0.852 bits per heavy atom. The molecule has 2 amide bonds. The van der Waals surface area contributed by atoms with Crippen LogP contribution in [0.2, 0.25) is 0 Å². The van der Waals surface area contributed by atoms with Gasteiger partial charge in [0.2, 0.25) is 11.8 Å². The van der Waals surface area contributed by atoms with Gasteiger partial charge in [0.1, 0.15) is 5.75 Å². The summed E-state index contributed by atoms with van der Waals surface area (Å²) in [5.74, 6) is 1.06. The highest BCUT2D eigenvalue weighted by Crippen LogP contribution is 2.19. The second-order valence-electron chi connectivity index (χ2n) is 6.90. The van der Waals surface area contributed by atoms with Crippen LogP contribution >= 0.6 is 0 Å². The molecule has 2 aromatic rings. The highest BCUT2D eigenvalue weighted by molar-refractivity contribution is 5.81. The first-order valence-electron chi connectivity index (χ1n) is 9.30. The molecule has 0 radical (unpaired) electrons. The van der Waals surface area contributed by atoms with Gasteiger partial charge in [0.15, 0.2) is 0 Å². The Labute approximate surface area is 160 Å². The van der Waals surface area contributed by atoms with Gasteiger partial charge in [-0.1, -0.05) is 42.5 Å². The predicted molar refractivity (Wildman–Crippen MR) is 105 cm³/mol. The molecule has 0 unspecified atom stereocenters. The summed E-state index contributed by atoms with van der Waals surface area (Å²) in [7, 11) is 1.64. The van der Waals surface area contributed by atoms with Crippen molar-refractivity contribution < 1.29 is 14.3 Å². The van der Waals surface area contributed by atoms with Gasteiger partial charge >= 0.3 is 0 Å². The van der Waals surface area contributed by atoms with E-state index in [1.807, 2.05) is 65.3 Å². The summed E-state index contributed by atoms with van der Waals surface area (Å²) in [6, 6.07) is 15.6. The number of piperazine rings is 1. The number of amides is 2. The van der Waals surface area contributed by atoms with Crippen molar-refractivity contribution in [1.29, 1.82) is 0 Å². The molecule has 27 heavy (non-hydrogen) atoms. The number of rotatable bonds is 5. The molecule has 1 aliphatic heterocycles. The maximum absolute atomic E-state index is 12.6. The van der Waals surface area contributed by atoms with Crippen LogP contribution < -0.4 is 4.74 Å². The zero-order valence-corrected chi connectivity index (χ0v) is 16.0. The van der Waals surface area contributed by atoms with Crippen LogP contribution in [0.5, 0.6) is 5.75 Å². The fourth-order valence-corrected chi connectivity index (χ4v) is 3.42. The number of benzene rings is 2. The average Bonchev–Trinajstić information content (AvgIpc) is 2.69. The van der Waals surface area contributed by atoms with Crippen molar-refractivity contribution >= 4 is 11.8 Å². The van der Waals surface area contributed by atoms with Gasteiger partial charge < -0.3 is 14.5 Å². The van der Waals surface area contributed by atoms with Gasteiger partial charge in [-0.2, -0.15) is 0 Å². The van der Waals surface area contributed by atoms with Crippen LogP contribution in [0.4, 0.5) is 0 Å². The average molecular weight is 366 g/mol. The van der Waals surface area contributed by atoms with Crippen molar-refractivity contribution in [2.45, 2.75) is 19.8 Å². The molecular formula is C22H26N2O3. The molecule has 1 heterocycles. The number of aryl methyl sites for hydroxylation is 1. The van der Waals surface area contributed by atoms with E-state index in [4.69, 9.17) is 4.74 Å². The largest absolute Gasteiger partial charge is 0.496 e. The zero-order chi connectivity index (χ0) is 19.2. The molecule has 1 fully saturated rings. The normalized spacial score (nSPS) is 14.1. The Morgan fingerprint density at radius 3 is 1.93 bits per heavy atom. The summed E-state index contributed by atoms with van der Waals surface area (Å²) in [5.41, 5.74) is 3.04. The quantitative estimate of drug-likeness (QED) is 0.817. The fraction of sp³-hybridized carbons (Fsp3) is 0.364. The third-order valence-corrected chi connectivity index (χ3v) is 5.00. The maximum Gasteiger partial charge on any atom is 0.227 e. The standard InChI is InChI=1S/C22H26N2O3/c1-17-14-19(8-9-20(17)27-2)16-22(26)24-12-10-23(11-13-24)21(25)15-18-6-4-3-5-7-18/h3-9,14H,10-13,15-16H2,1-2H3. The number of carbonyl (C=O) groups is 2. The molecule has 0 bridgehead atoms. The summed E-state index contributed by atoms with van der Waals surface area (Å²) in [6.07, 6.45) is 0.794. The van der Waals surface area contributed by atoms with Gasteiger partial charge in [-0.15, -0.1) is 0 Å². The number of hydrogen-bond donors (Lipinski definition) is 0. The van der Waals surface area contributed by atoms with Gasteiger partial charge in [-0.3, -0.25) is 9.59 Å². The first-order chi connectivity index (χ1) is 13.1. The van der Waals surface area contributed by atoms with E-state index in [1.165, 1.54) is 0 Å². The SMILES string of the molecule is COc1ccc(CC(=O)N2CCN(C(=O)Cc3ccccc3)CC2)cc1C. The Hall–Kier alpha value is -2.82. The van der Waals surface area contributed by atoms with Gasteiger partial charge in [0.25, 0.3) is 0 Å². The molecule has 0 saturated carbocycles. The maximum atomic E-state index is 12.6. The summed E-state index contributed by atoms with van der Waals surface area (Å²) in [6.45, 7) is 4.35. The van der Waals surface area contributed by atoms with Crippen molar-refractivity contribution in [3.8, 4) is 5.75 Å². The van der Waals surface area contributed by atoms with Crippen LogP contribution in [0.25, 0.3) is 0 Å². The van der Waals surface area contributed by atoms with Crippen LogP contribution in [0.15, 0.2) is 48.5 Å². The predicted octanol–water partition coefficient (Wildman–Crippen LogP) is 2.46. The molecule has 0 aromatic heterocycles.